The predicted molar refractivity (Wildman–Crippen MR) is 116 cm³/mol. The van der Waals surface area contributed by atoms with Crippen LogP contribution in [0, 0.1) is 11.3 Å². The molecule has 0 radical (unpaired) electrons. The molecule has 2 aliphatic rings. The fourth-order valence-corrected chi connectivity index (χ4v) is 4.61. The molecule has 4 heterocycles. The highest BCUT2D eigenvalue weighted by molar-refractivity contribution is 5.95. The van der Waals surface area contributed by atoms with Crippen molar-refractivity contribution in [1.29, 1.82) is 5.26 Å². The highest BCUT2D eigenvalue weighted by Gasteiger charge is 2.32. The minimum Gasteiger partial charge on any atom is -0.422 e. The molecule has 0 amide bonds. The zero-order valence-electron chi connectivity index (χ0n) is 17.9. The van der Waals surface area contributed by atoms with Gasteiger partial charge in [0.05, 0.1) is 23.7 Å². The maximum atomic E-state index is 9.44. The molecule has 160 valence electrons. The highest BCUT2D eigenvalue weighted by Crippen LogP contribution is 2.34. The van der Waals surface area contributed by atoms with Gasteiger partial charge in [-0.2, -0.15) is 5.26 Å². The Labute approximate surface area is 181 Å². The largest absolute Gasteiger partial charge is 0.422 e. The van der Waals surface area contributed by atoms with Crippen molar-refractivity contribution >= 4 is 16.6 Å². The quantitative estimate of drug-likeness (QED) is 0.640. The second kappa shape index (κ2) is 8.25. The Morgan fingerprint density at radius 3 is 2.71 bits per heavy atom. The van der Waals surface area contributed by atoms with Crippen LogP contribution in [-0.2, 0) is 4.74 Å². The number of rotatable bonds is 3. The third kappa shape index (κ3) is 3.87. The first kappa shape index (κ1) is 19.9. The smallest absolute Gasteiger partial charge is 0.247 e. The lowest BCUT2D eigenvalue weighted by molar-refractivity contribution is -0.0314. The van der Waals surface area contributed by atoms with Gasteiger partial charge in [0.2, 0.25) is 11.8 Å². The minimum absolute atomic E-state index is 0.000190. The first-order valence-corrected chi connectivity index (χ1v) is 10.8. The van der Waals surface area contributed by atoms with Crippen LogP contribution in [0.25, 0.3) is 10.9 Å². The third-order valence-corrected chi connectivity index (χ3v) is 6.27. The van der Waals surface area contributed by atoms with Crippen LogP contribution in [-0.4, -0.2) is 59.4 Å². The summed E-state index contributed by atoms with van der Waals surface area (Å²) in [7, 11) is 2.14. The zero-order valence-corrected chi connectivity index (χ0v) is 17.9. The first-order chi connectivity index (χ1) is 15.1. The Hall–Kier alpha value is -3.02. The Morgan fingerprint density at radius 2 is 1.90 bits per heavy atom. The number of pyridine rings is 1. The monoisotopic (exact) mass is 418 g/mol. The molecule has 2 aromatic heterocycles. The molecule has 0 spiro atoms. The van der Waals surface area contributed by atoms with E-state index in [9.17, 15) is 5.26 Å². The number of aromatic nitrogens is 3. The maximum absolute atomic E-state index is 9.44. The summed E-state index contributed by atoms with van der Waals surface area (Å²) < 4.78 is 12.3. The van der Waals surface area contributed by atoms with E-state index in [1.54, 1.807) is 6.20 Å². The lowest BCUT2D eigenvalue weighted by Gasteiger charge is -2.37. The summed E-state index contributed by atoms with van der Waals surface area (Å²) in [5, 5.41) is 19.1. The Morgan fingerprint density at radius 1 is 1.10 bits per heavy atom. The van der Waals surface area contributed by atoms with E-state index >= 15 is 0 Å². The molecule has 0 bridgehead atoms. The molecule has 2 saturated heterocycles. The van der Waals surface area contributed by atoms with Crippen molar-refractivity contribution in [2.75, 3.05) is 38.1 Å². The summed E-state index contributed by atoms with van der Waals surface area (Å²) >= 11 is 0. The van der Waals surface area contributed by atoms with Crippen molar-refractivity contribution in [1.82, 2.24) is 20.1 Å². The summed E-state index contributed by atoms with van der Waals surface area (Å²) in [6.07, 6.45) is 3.51. The van der Waals surface area contributed by atoms with Gasteiger partial charge in [-0.3, -0.25) is 4.98 Å². The molecule has 5 rings (SSSR count). The van der Waals surface area contributed by atoms with Gasteiger partial charge in [-0.25, -0.2) is 0 Å². The first-order valence-electron chi connectivity index (χ1n) is 10.8. The summed E-state index contributed by atoms with van der Waals surface area (Å²) in [6.45, 7) is 5.50. The molecule has 1 aromatic carbocycles. The van der Waals surface area contributed by atoms with Gasteiger partial charge < -0.3 is 19.0 Å². The second-order valence-corrected chi connectivity index (χ2v) is 8.54. The number of anilines is 1. The van der Waals surface area contributed by atoms with E-state index in [0.717, 1.165) is 55.0 Å². The molecule has 0 aliphatic carbocycles. The fraction of sp³-hybridized carbons (Fsp3) is 0.478. The van der Waals surface area contributed by atoms with Crippen molar-refractivity contribution in [3.8, 4) is 6.07 Å². The fourth-order valence-electron chi connectivity index (χ4n) is 4.61. The summed E-state index contributed by atoms with van der Waals surface area (Å²) in [5.41, 5.74) is 2.34. The van der Waals surface area contributed by atoms with Gasteiger partial charge in [-0.1, -0.05) is 0 Å². The van der Waals surface area contributed by atoms with Gasteiger partial charge >= 0.3 is 0 Å². The number of nitrogens with zero attached hydrogens (tertiary/aromatic N) is 6. The lowest BCUT2D eigenvalue weighted by atomic mass is 9.97. The molecule has 2 aliphatic heterocycles. The number of morpholine rings is 1. The lowest BCUT2D eigenvalue weighted by Crippen LogP contribution is -2.43. The van der Waals surface area contributed by atoms with Crippen molar-refractivity contribution < 1.29 is 9.15 Å². The van der Waals surface area contributed by atoms with E-state index < -0.39 is 0 Å². The topological polar surface area (TPSA) is 91.3 Å². The number of fused-ring (bicyclic) bond motifs is 1. The van der Waals surface area contributed by atoms with E-state index in [4.69, 9.17) is 9.15 Å². The van der Waals surface area contributed by atoms with Crippen molar-refractivity contribution in [2.24, 2.45) is 0 Å². The molecule has 0 saturated carbocycles. The number of nitriles is 1. The van der Waals surface area contributed by atoms with Crippen LogP contribution in [0.1, 0.15) is 49.1 Å². The van der Waals surface area contributed by atoms with Crippen LogP contribution in [0.4, 0.5) is 5.69 Å². The molecule has 8 heteroatoms. The van der Waals surface area contributed by atoms with Crippen LogP contribution in [0.2, 0.25) is 0 Å². The second-order valence-electron chi connectivity index (χ2n) is 8.54. The van der Waals surface area contributed by atoms with Crippen LogP contribution in [0.5, 0.6) is 0 Å². The molecule has 2 atom stereocenters. The van der Waals surface area contributed by atoms with E-state index in [-0.39, 0.29) is 12.2 Å². The molecule has 0 unspecified atom stereocenters. The van der Waals surface area contributed by atoms with Gasteiger partial charge in [0.15, 0.2) is 6.10 Å². The van der Waals surface area contributed by atoms with Gasteiger partial charge in [-0.15, -0.1) is 10.2 Å². The van der Waals surface area contributed by atoms with Crippen LogP contribution >= 0.6 is 0 Å². The number of piperidine rings is 1. The van der Waals surface area contributed by atoms with Gasteiger partial charge in [-0.05, 0) is 64.2 Å². The average Bonchev–Trinajstić information content (AvgIpc) is 3.29. The van der Waals surface area contributed by atoms with Gasteiger partial charge in [0, 0.05) is 29.7 Å². The van der Waals surface area contributed by atoms with E-state index in [2.05, 4.69) is 45.0 Å². The Bertz CT molecular complexity index is 1110. The molecule has 3 aromatic rings. The molecule has 0 N–H and O–H groups in total. The van der Waals surface area contributed by atoms with Crippen LogP contribution in [0.3, 0.4) is 0 Å². The van der Waals surface area contributed by atoms with Crippen molar-refractivity contribution in [3.63, 3.8) is 0 Å². The number of hydrogen-bond donors (Lipinski definition) is 0. The maximum Gasteiger partial charge on any atom is 0.247 e. The van der Waals surface area contributed by atoms with Crippen molar-refractivity contribution in [3.05, 3.63) is 47.8 Å². The Balaban J connectivity index is 1.41. The number of benzene rings is 1. The molecule has 8 nitrogen and oxygen atoms in total. The standard InChI is InChI=1S/C23H26N6O2/c1-15-13-29(19-6-5-17(12-24)21-18(19)4-3-9-25-21)14-20(30-15)23-27-26-22(31-23)16-7-10-28(2)11-8-16/h3-6,9,15-16,20H,7-8,10-11,13-14H2,1-2H3/t15-,20-/m1/s1. The van der Waals surface area contributed by atoms with E-state index in [1.165, 1.54) is 0 Å². The number of likely N-dealkylation sites (tertiary alicyclic amines) is 1. The Kier molecular flexibility index (Phi) is 5.30. The average molecular weight is 419 g/mol. The number of hydrogen-bond acceptors (Lipinski definition) is 8. The zero-order chi connectivity index (χ0) is 21.4. The molecule has 31 heavy (non-hydrogen) atoms. The van der Waals surface area contributed by atoms with Gasteiger partial charge in [0.1, 0.15) is 6.07 Å². The predicted octanol–water partition coefficient (Wildman–Crippen LogP) is 3.27. The van der Waals surface area contributed by atoms with Gasteiger partial charge in [0.25, 0.3) is 0 Å². The molecule has 2 fully saturated rings. The summed E-state index contributed by atoms with van der Waals surface area (Å²) in [5.74, 6) is 1.59. The normalized spacial score (nSPS) is 23.2. The SMILES string of the molecule is C[C@@H]1CN(c2ccc(C#N)c3ncccc23)C[C@H](c2nnc(C3CCN(C)CC3)o2)O1. The minimum atomic E-state index is -0.293. The highest BCUT2D eigenvalue weighted by atomic mass is 16.5. The molecular weight excluding hydrogens is 392 g/mol. The van der Waals surface area contributed by atoms with Crippen LogP contribution < -0.4 is 4.90 Å². The summed E-state index contributed by atoms with van der Waals surface area (Å²) in [6, 6.07) is 9.99. The third-order valence-electron chi connectivity index (χ3n) is 6.27. The van der Waals surface area contributed by atoms with E-state index in [0.29, 0.717) is 23.9 Å². The van der Waals surface area contributed by atoms with Crippen molar-refractivity contribution in [2.45, 2.75) is 37.9 Å². The van der Waals surface area contributed by atoms with Crippen LogP contribution in [0.15, 0.2) is 34.9 Å². The molecular formula is C23H26N6O2. The summed E-state index contributed by atoms with van der Waals surface area (Å²) in [4.78, 5) is 9.03. The van der Waals surface area contributed by atoms with E-state index in [1.807, 2.05) is 24.3 Å². The number of ether oxygens (including phenoxy) is 1.